The molecule has 1 saturated heterocycles. The summed E-state index contributed by atoms with van der Waals surface area (Å²) >= 11 is 7.17. The summed E-state index contributed by atoms with van der Waals surface area (Å²) in [6, 6.07) is 5.94. The number of ether oxygens (including phenoxy) is 1. The first-order chi connectivity index (χ1) is 13.3. The zero-order chi connectivity index (χ0) is 20.3. The fourth-order valence-electron chi connectivity index (χ4n) is 2.96. The Hall–Kier alpha value is -1.56. The van der Waals surface area contributed by atoms with Crippen LogP contribution in [0.4, 0.5) is 10.1 Å². The fraction of sp³-hybridized carbons (Fsp3) is 0.353. The number of nitrogens with one attached hydrogen (secondary N) is 2. The highest BCUT2D eigenvalue weighted by Gasteiger charge is 2.43. The van der Waals surface area contributed by atoms with Gasteiger partial charge in [-0.25, -0.2) is 4.39 Å². The number of thiophene rings is 1. The van der Waals surface area contributed by atoms with Crippen LogP contribution in [0.2, 0.25) is 5.02 Å². The lowest BCUT2D eigenvalue weighted by Crippen LogP contribution is -2.58. The van der Waals surface area contributed by atoms with Gasteiger partial charge in [-0.15, -0.1) is 11.3 Å². The highest BCUT2D eigenvalue weighted by Crippen LogP contribution is 2.31. The number of carbonyl (C=O) groups is 1. The van der Waals surface area contributed by atoms with Crippen LogP contribution in [0.5, 0.6) is 0 Å². The van der Waals surface area contributed by atoms with Crippen LogP contribution in [0.15, 0.2) is 35.7 Å². The van der Waals surface area contributed by atoms with Gasteiger partial charge in [-0.3, -0.25) is 4.79 Å². The summed E-state index contributed by atoms with van der Waals surface area (Å²) in [6.45, 7) is 0.155. The van der Waals surface area contributed by atoms with Crippen molar-refractivity contribution in [2.75, 3.05) is 25.6 Å². The molecule has 1 aromatic heterocycles. The normalized spacial score (nSPS) is 22.1. The molecule has 0 radical (unpaired) electrons. The molecular weight excluding hydrogens is 429 g/mol. The van der Waals surface area contributed by atoms with Gasteiger partial charge in [-0.05, 0) is 36.1 Å². The van der Waals surface area contributed by atoms with Crippen LogP contribution in [0.25, 0.3) is 0 Å². The molecule has 2 heterocycles. The van der Waals surface area contributed by atoms with Gasteiger partial charge in [0, 0.05) is 24.2 Å². The van der Waals surface area contributed by atoms with Gasteiger partial charge in [-0.1, -0.05) is 17.7 Å². The first-order valence-electron chi connectivity index (χ1n) is 8.39. The predicted molar refractivity (Wildman–Crippen MR) is 106 cm³/mol. The van der Waals surface area contributed by atoms with Crippen molar-refractivity contribution in [1.29, 1.82) is 0 Å². The number of benzene rings is 1. The van der Waals surface area contributed by atoms with E-state index in [1.54, 1.807) is 0 Å². The van der Waals surface area contributed by atoms with E-state index in [0.29, 0.717) is 0 Å². The van der Waals surface area contributed by atoms with Crippen LogP contribution >= 0.6 is 22.9 Å². The molecule has 2 atom stereocenters. The van der Waals surface area contributed by atoms with Crippen molar-refractivity contribution < 1.29 is 22.3 Å². The molecular formula is C17H19ClFN3O4S2. The molecule has 7 nitrogen and oxygen atoms in total. The van der Waals surface area contributed by atoms with E-state index in [0.717, 1.165) is 15.2 Å². The van der Waals surface area contributed by atoms with Crippen molar-refractivity contribution >= 4 is 44.7 Å². The second-order valence-electron chi connectivity index (χ2n) is 6.16. The van der Waals surface area contributed by atoms with Crippen molar-refractivity contribution in [2.24, 2.45) is 0 Å². The van der Waals surface area contributed by atoms with Crippen LogP contribution < -0.4 is 10.0 Å². The number of amides is 1. The SMILES string of the molecule is COCCN1[C@H](C(=O)Nc2ccc(F)c(Cl)c2)C[C@H](c2cccs2)NS1(=O)=O. The number of hydrogen-bond acceptors (Lipinski definition) is 5. The van der Waals surface area contributed by atoms with Crippen LogP contribution in [0, 0.1) is 5.82 Å². The smallest absolute Gasteiger partial charge is 0.280 e. The van der Waals surface area contributed by atoms with Crippen LogP contribution in [0.3, 0.4) is 0 Å². The zero-order valence-electron chi connectivity index (χ0n) is 14.9. The second kappa shape index (κ2) is 8.85. The average Bonchev–Trinajstić information content (AvgIpc) is 3.17. The minimum atomic E-state index is -3.91. The van der Waals surface area contributed by atoms with E-state index in [1.807, 2.05) is 17.5 Å². The Labute approximate surface area is 171 Å². The second-order valence-corrected chi connectivity index (χ2v) is 9.21. The molecule has 2 aromatic rings. The summed E-state index contributed by atoms with van der Waals surface area (Å²) in [4.78, 5) is 13.7. The first-order valence-corrected chi connectivity index (χ1v) is 11.1. The minimum absolute atomic E-state index is 0.0191. The van der Waals surface area contributed by atoms with Crippen LogP contribution in [0.1, 0.15) is 17.3 Å². The Bertz CT molecular complexity index is 940. The highest BCUT2D eigenvalue weighted by atomic mass is 35.5. The Kier molecular flexibility index (Phi) is 6.69. The summed E-state index contributed by atoms with van der Waals surface area (Å²) in [7, 11) is -2.46. The fourth-order valence-corrected chi connectivity index (χ4v) is 5.56. The van der Waals surface area contributed by atoms with Crippen molar-refractivity contribution in [3.63, 3.8) is 0 Å². The summed E-state index contributed by atoms with van der Waals surface area (Å²) in [5.41, 5.74) is 0.284. The van der Waals surface area contributed by atoms with Crippen molar-refractivity contribution in [3.8, 4) is 0 Å². The van der Waals surface area contributed by atoms with Gasteiger partial charge in [0.2, 0.25) is 5.91 Å². The monoisotopic (exact) mass is 447 g/mol. The Balaban J connectivity index is 1.87. The maximum absolute atomic E-state index is 13.3. The number of methoxy groups -OCH3 is 1. The third kappa shape index (κ3) is 4.70. The van der Waals surface area contributed by atoms with Gasteiger partial charge < -0.3 is 10.1 Å². The minimum Gasteiger partial charge on any atom is -0.383 e. The van der Waals surface area contributed by atoms with E-state index in [2.05, 4.69) is 10.0 Å². The topological polar surface area (TPSA) is 87.7 Å². The molecule has 1 fully saturated rings. The molecule has 1 aliphatic heterocycles. The molecule has 1 aliphatic rings. The number of hydrogen-bond donors (Lipinski definition) is 2. The molecule has 28 heavy (non-hydrogen) atoms. The zero-order valence-corrected chi connectivity index (χ0v) is 17.3. The third-order valence-electron chi connectivity index (χ3n) is 4.30. The van der Waals surface area contributed by atoms with E-state index in [9.17, 15) is 17.6 Å². The van der Waals surface area contributed by atoms with E-state index in [1.165, 1.54) is 30.6 Å². The Morgan fingerprint density at radius 1 is 1.46 bits per heavy atom. The standard InChI is InChI=1S/C17H19ClFN3O4S2/c1-26-7-6-22-15(17(23)20-11-4-5-13(19)12(18)9-11)10-14(21-28(22,24)25)16-3-2-8-27-16/h2-5,8-9,14-15,21H,6-7,10H2,1H3,(H,20,23)/t14-,15+/m1/s1. The average molecular weight is 448 g/mol. The van der Waals surface area contributed by atoms with Crippen LogP contribution in [-0.4, -0.2) is 44.9 Å². The molecule has 152 valence electrons. The Morgan fingerprint density at radius 3 is 2.89 bits per heavy atom. The van der Waals surface area contributed by atoms with Gasteiger partial charge >= 0.3 is 0 Å². The molecule has 0 spiro atoms. The predicted octanol–water partition coefficient (Wildman–Crippen LogP) is 2.78. The molecule has 3 rings (SSSR count). The molecule has 0 bridgehead atoms. The number of rotatable bonds is 6. The maximum Gasteiger partial charge on any atom is 0.280 e. The lowest BCUT2D eigenvalue weighted by atomic mass is 10.0. The maximum atomic E-state index is 13.3. The van der Waals surface area contributed by atoms with Gasteiger partial charge in [0.1, 0.15) is 11.9 Å². The molecule has 0 aliphatic carbocycles. The highest BCUT2D eigenvalue weighted by molar-refractivity contribution is 7.87. The largest absolute Gasteiger partial charge is 0.383 e. The van der Waals surface area contributed by atoms with Crippen LogP contribution in [-0.2, 0) is 19.7 Å². The molecule has 2 N–H and O–H groups in total. The number of carbonyl (C=O) groups excluding carboxylic acids is 1. The van der Waals surface area contributed by atoms with E-state index >= 15 is 0 Å². The van der Waals surface area contributed by atoms with E-state index in [4.69, 9.17) is 16.3 Å². The lowest BCUT2D eigenvalue weighted by molar-refractivity contribution is -0.120. The molecule has 0 saturated carbocycles. The van der Waals surface area contributed by atoms with Gasteiger partial charge in [0.15, 0.2) is 0 Å². The van der Waals surface area contributed by atoms with Gasteiger partial charge in [-0.2, -0.15) is 17.4 Å². The molecule has 1 amide bonds. The summed E-state index contributed by atoms with van der Waals surface area (Å²) in [5.74, 6) is -1.13. The number of halogens is 2. The van der Waals surface area contributed by atoms with Gasteiger partial charge in [0.25, 0.3) is 10.2 Å². The quantitative estimate of drug-likeness (QED) is 0.712. The summed E-state index contributed by atoms with van der Waals surface area (Å²) < 4.78 is 47.6. The van der Waals surface area contributed by atoms with Gasteiger partial charge in [0.05, 0.1) is 17.7 Å². The lowest BCUT2D eigenvalue weighted by Gasteiger charge is -2.37. The van der Waals surface area contributed by atoms with E-state index in [-0.39, 0.29) is 30.3 Å². The van der Waals surface area contributed by atoms with Crippen molar-refractivity contribution in [1.82, 2.24) is 9.03 Å². The first kappa shape index (κ1) is 21.2. The summed E-state index contributed by atoms with van der Waals surface area (Å²) in [6.07, 6.45) is 0.240. The summed E-state index contributed by atoms with van der Waals surface area (Å²) in [5, 5.41) is 4.34. The van der Waals surface area contributed by atoms with E-state index < -0.39 is 34.0 Å². The number of anilines is 1. The van der Waals surface area contributed by atoms with Crippen molar-refractivity contribution in [3.05, 3.63) is 51.4 Å². The molecule has 11 heteroatoms. The molecule has 0 unspecified atom stereocenters. The Morgan fingerprint density at radius 2 is 2.25 bits per heavy atom. The molecule has 1 aromatic carbocycles. The third-order valence-corrected chi connectivity index (χ3v) is 7.21. The van der Waals surface area contributed by atoms with Crippen molar-refractivity contribution in [2.45, 2.75) is 18.5 Å². The number of nitrogens with zero attached hydrogens (tertiary/aromatic N) is 1.